The molecule has 0 aromatic heterocycles. The van der Waals surface area contributed by atoms with Gasteiger partial charge in [0.2, 0.25) is 5.91 Å². The molecule has 2 rings (SSSR count). The summed E-state index contributed by atoms with van der Waals surface area (Å²) in [5.41, 5.74) is 1.16. The summed E-state index contributed by atoms with van der Waals surface area (Å²) in [5.74, 6) is 0.318. The molecule has 1 aromatic rings. The molecule has 104 valence electrons. The lowest BCUT2D eigenvalue weighted by Gasteiger charge is -2.30. The molecule has 2 nitrogen and oxygen atoms in total. The van der Waals surface area contributed by atoms with Crippen LogP contribution in [0.15, 0.2) is 30.3 Å². The third kappa shape index (κ3) is 3.17. The molecule has 1 saturated heterocycles. The second-order valence-electron chi connectivity index (χ2n) is 6.22. The number of carbonyl (C=O) groups excluding carboxylic acids is 1. The van der Waals surface area contributed by atoms with Gasteiger partial charge in [-0.1, -0.05) is 51.1 Å². The van der Waals surface area contributed by atoms with Crippen molar-refractivity contribution in [3.8, 4) is 0 Å². The van der Waals surface area contributed by atoms with Crippen LogP contribution in [-0.2, 0) is 10.2 Å². The normalized spacial score (nSPS) is 19.7. The minimum Gasteiger partial charge on any atom is -0.340 e. The fourth-order valence-electron chi connectivity index (χ4n) is 3.06. The van der Waals surface area contributed by atoms with Crippen molar-refractivity contribution < 1.29 is 4.79 Å². The Morgan fingerprint density at radius 1 is 1.32 bits per heavy atom. The predicted octanol–water partition coefficient (Wildman–Crippen LogP) is 3.76. The van der Waals surface area contributed by atoms with Gasteiger partial charge in [0.15, 0.2) is 0 Å². The molecule has 1 fully saturated rings. The highest BCUT2D eigenvalue weighted by atomic mass is 16.2. The monoisotopic (exact) mass is 259 g/mol. The highest BCUT2D eigenvalue weighted by Crippen LogP contribution is 2.30. The van der Waals surface area contributed by atoms with E-state index in [9.17, 15) is 4.79 Å². The van der Waals surface area contributed by atoms with Crippen molar-refractivity contribution in [2.24, 2.45) is 0 Å². The first-order valence-corrected chi connectivity index (χ1v) is 7.39. The number of rotatable bonds is 4. The van der Waals surface area contributed by atoms with Crippen molar-refractivity contribution in [1.82, 2.24) is 4.90 Å². The second-order valence-corrected chi connectivity index (χ2v) is 6.22. The third-order valence-corrected chi connectivity index (χ3v) is 4.32. The molecule has 1 atom stereocenters. The Kier molecular flexibility index (Phi) is 4.28. The minimum atomic E-state index is -0.0841. The van der Waals surface area contributed by atoms with Crippen LogP contribution in [0.1, 0.15) is 52.0 Å². The molecule has 0 bridgehead atoms. The van der Waals surface area contributed by atoms with E-state index in [0.717, 1.165) is 19.4 Å². The Bertz CT molecular complexity index is 424. The predicted molar refractivity (Wildman–Crippen MR) is 79.1 cm³/mol. The van der Waals surface area contributed by atoms with Crippen molar-refractivity contribution >= 4 is 5.91 Å². The Morgan fingerprint density at radius 3 is 2.63 bits per heavy atom. The average Bonchev–Trinajstić information content (AvgIpc) is 2.87. The summed E-state index contributed by atoms with van der Waals surface area (Å²) in [6.07, 6.45) is 4.02. The fraction of sp³-hybridized carbons (Fsp3) is 0.588. The third-order valence-electron chi connectivity index (χ3n) is 4.32. The molecule has 1 aromatic carbocycles. The van der Waals surface area contributed by atoms with Crippen LogP contribution in [0, 0.1) is 0 Å². The summed E-state index contributed by atoms with van der Waals surface area (Å²) in [4.78, 5) is 14.6. The maximum Gasteiger partial charge on any atom is 0.223 e. The number of carbonyl (C=O) groups is 1. The molecule has 1 amide bonds. The van der Waals surface area contributed by atoms with Crippen LogP contribution >= 0.6 is 0 Å². The van der Waals surface area contributed by atoms with Crippen molar-refractivity contribution in [3.63, 3.8) is 0 Å². The standard InChI is InChI=1S/C17H25NO/c1-4-15-11-8-12-18(15)16(19)13-17(2,3)14-9-6-5-7-10-14/h5-7,9-10,15H,4,8,11-13H2,1-3H3. The average molecular weight is 259 g/mol. The number of hydrogen-bond acceptors (Lipinski definition) is 1. The van der Waals surface area contributed by atoms with E-state index in [1.54, 1.807) is 0 Å². The quantitative estimate of drug-likeness (QED) is 0.806. The van der Waals surface area contributed by atoms with E-state index in [-0.39, 0.29) is 5.41 Å². The van der Waals surface area contributed by atoms with Crippen LogP contribution in [0.4, 0.5) is 0 Å². The first kappa shape index (κ1) is 14.1. The molecule has 0 spiro atoms. The molecule has 0 saturated carbocycles. The van der Waals surface area contributed by atoms with E-state index in [2.05, 4.69) is 37.8 Å². The Hall–Kier alpha value is -1.31. The zero-order valence-electron chi connectivity index (χ0n) is 12.4. The number of likely N-dealkylation sites (tertiary alicyclic amines) is 1. The van der Waals surface area contributed by atoms with Crippen molar-refractivity contribution in [3.05, 3.63) is 35.9 Å². The zero-order valence-corrected chi connectivity index (χ0v) is 12.4. The molecule has 1 heterocycles. The maximum atomic E-state index is 12.5. The lowest BCUT2D eigenvalue weighted by Crippen LogP contribution is -2.38. The van der Waals surface area contributed by atoms with Gasteiger partial charge in [0.25, 0.3) is 0 Å². The summed E-state index contributed by atoms with van der Waals surface area (Å²) in [7, 11) is 0. The van der Waals surface area contributed by atoms with Crippen LogP contribution in [0.5, 0.6) is 0 Å². The molecule has 0 radical (unpaired) electrons. The summed E-state index contributed by atoms with van der Waals surface area (Å²) < 4.78 is 0. The van der Waals surface area contributed by atoms with Crippen molar-refractivity contribution in [1.29, 1.82) is 0 Å². The summed E-state index contributed by atoms with van der Waals surface area (Å²) in [5, 5.41) is 0. The fourth-order valence-corrected chi connectivity index (χ4v) is 3.06. The molecule has 2 heteroatoms. The lowest BCUT2D eigenvalue weighted by atomic mass is 9.81. The lowest BCUT2D eigenvalue weighted by molar-refractivity contribution is -0.133. The van der Waals surface area contributed by atoms with Crippen LogP contribution in [0.25, 0.3) is 0 Å². The van der Waals surface area contributed by atoms with E-state index in [4.69, 9.17) is 0 Å². The molecule has 0 N–H and O–H groups in total. The molecule has 0 aliphatic carbocycles. The molecule has 1 aliphatic rings. The smallest absolute Gasteiger partial charge is 0.223 e. The van der Waals surface area contributed by atoms with Gasteiger partial charge in [-0.3, -0.25) is 4.79 Å². The van der Waals surface area contributed by atoms with Crippen LogP contribution in [0.3, 0.4) is 0 Å². The van der Waals surface area contributed by atoms with Crippen LogP contribution in [-0.4, -0.2) is 23.4 Å². The summed E-state index contributed by atoms with van der Waals surface area (Å²) in [6.45, 7) is 7.45. The number of nitrogens with zero attached hydrogens (tertiary/aromatic N) is 1. The van der Waals surface area contributed by atoms with Gasteiger partial charge in [0, 0.05) is 19.0 Å². The van der Waals surface area contributed by atoms with Gasteiger partial charge >= 0.3 is 0 Å². The number of benzene rings is 1. The highest BCUT2D eigenvalue weighted by molar-refractivity contribution is 5.78. The van der Waals surface area contributed by atoms with Gasteiger partial charge in [0.1, 0.15) is 0 Å². The van der Waals surface area contributed by atoms with Gasteiger partial charge in [-0.15, -0.1) is 0 Å². The van der Waals surface area contributed by atoms with Gasteiger partial charge < -0.3 is 4.90 Å². The first-order valence-electron chi connectivity index (χ1n) is 7.39. The maximum absolute atomic E-state index is 12.5. The molecule has 1 unspecified atom stereocenters. The summed E-state index contributed by atoms with van der Waals surface area (Å²) in [6, 6.07) is 10.8. The Balaban J connectivity index is 2.06. The Labute approximate surface area is 116 Å². The largest absolute Gasteiger partial charge is 0.340 e. The topological polar surface area (TPSA) is 20.3 Å². The molecule has 19 heavy (non-hydrogen) atoms. The zero-order chi connectivity index (χ0) is 13.9. The Morgan fingerprint density at radius 2 is 2.00 bits per heavy atom. The van der Waals surface area contributed by atoms with E-state index < -0.39 is 0 Å². The second kappa shape index (κ2) is 5.77. The number of amides is 1. The first-order chi connectivity index (χ1) is 9.04. The molecular weight excluding hydrogens is 234 g/mol. The van der Waals surface area contributed by atoms with Gasteiger partial charge in [-0.2, -0.15) is 0 Å². The highest BCUT2D eigenvalue weighted by Gasteiger charge is 2.31. The summed E-state index contributed by atoms with van der Waals surface area (Å²) >= 11 is 0. The van der Waals surface area contributed by atoms with Crippen molar-refractivity contribution in [2.75, 3.05) is 6.54 Å². The van der Waals surface area contributed by atoms with E-state index in [1.165, 1.54) is 12.0 Å². The van der Waals surface area contributed by atoms with Gasteiger partial charge in [0.05, 0.1) is 0 Å². The molecular formula is C17H25NO. The van der Waals surface area contributed by atoms with Crippen LogP contribution < -0.4 is 0 Å². The van der Waals surface area contributed by atoms with Gasteiger partial charge in [-0.25, -0.2) is 0 Å². The van der Waals surface area contributed by atoms with E-state index in [0.29, 0.717) is 18.4 Å². The minimum absolute atomic E-state index is 0.0841. The number of hydrogen-bond donors (Lipinski definition) is 0. The van der Waals surface area contributed by atoms with E-state index in [1.807, 2.05) is 18.2 Å². The van der Waals surface area contributed by atoms with Gasteiger partial charge in [-0.05, 0) is 30.2 Å². The van der Waals surface area contributed by atoms with Crippen LogP contribution in [0.2, 0.25) is 0 Å². The van der Waals surface area contributed by atoms with E-state index >= 15 is 0 Å². The van der Waals surface area contributed by atoms with Crippen molar-refractivity contribution in [2.45, 2.75) is 57.9 Å². The SMILES string of the molecule is CCC1CCCN1C(=O)CC(C)(C)c1ccccc1. The molecule has 1 aliphatic heterocycles.